The third-order valence-electron chi connectivity index (χ3n) is 1.09. The maximum Gasteiger partial charge on any atom is 1.00 e. The topological polar surface area (TPSA) is 29.1 Å². The summed E-state index contributed by atoms with van der Waals surface area (Å²) in [6, 6.07) is 9.37. The third-order valence-corrected chi connectivity index (χ3v) is 1.09. The van der Waals surface area contributed by atoms with E-state index in [4.69, 9.17) is 0 Å². The molecule has 0 aromatic heterocycles. The van der Waals surface area contributed by atoms with Gasteiger partial charge in [-0.25, -0.2) is 0 Å². The maximum atomic E-state index is 10.5. The molecular formula is C8H10KNO. The molecule has 0 radical (unpaired) electrons. The Balaban J connectivity index is 0. The van der Waals surface area contributed by atoms with Crippen molar-refractivity contribution in [2.45, 2.75) is 6.92 Å². The van der Waals surface area contributed by atoms with Crippen LogP contribution in [-0.4, -0.2) is 5.91 Å². The molecule has 0 aliphatic heterocycles. The van der Waals surface area contributed by atoms with Gasteiger partial charge < -0.3 is 6.74 Å². The molecule has 3 heteroatoms. The van der Waals surface area contributed by atoms with E-state index in [1.807, 2.05) is 30.3 Å². The summed E-state index contributed by atoms with van der Waals surface area (Å²) in [4.78, 5) is 10.5. The van der Waals surface area contributed by atoms with E-state index in [0.717, 1.165) is 5.69 Å². The summed E-state index contributed by atoms with van der Waals surface area (Å²) in [6.07, 6.45) is 0. The quantitative estimate of drug-likeness (QED) is 0.532. The van der Waals surface area contributed by atoms with Crippen molar-refractivity contribution in [2.75, 3.05) is 5.32 Å². The normalized spacial score (nSPS) is 8.09. The van der Waals surface area contributed by atoms with Crippen molar-refractivity contribution in [3.63, 3.8) is 0 Å². The Morgan fingerprint density at radius 2 is 1.91 bits per heavy atom. The molecule has 0 fully saturated rings. The first-order valence-electron chi connectivity index (χ1n) is 3.11. The van der Waals surface area contributed by atoms with Crippen molar-refractivity contribution in [2.24, 2.45) is 0 Å². The van der Waals surface area contributed by atoms with Gasteiger partial charge in [-0.3, -0.25) is 4.79 Å². The molecule has 0 spiro atoms. The Morgan fingerprint density at radius 3 is 2.36 bits per heavy atom. The van der Waals surface area contributed by atoms with Crippen LogP contribution in [0.3, 0.4) is 0 Å². The summed E-state index contributed by atoms with van der Waals surface area (Å²) in [5, 5.41) is 2.67. The second-order valence-corrected chi connectivity index (χ2v) is 2.05. The monoisotopic (exact) mass is 175 g/mol. The molecule has 1 N–H and O–H groups in total. The van der Waals surface area contributed by atoms with Crippen LogP contribution in [0.25, 0.3) is 0 Å². The number of benzene rings is 1. The van der Waals surface area contributed by atoms with E-state index >= 15 is 0 Å². The van der Waals surface area contributed by atoms with Gasteiger partial charge in [0.2, 0.25) is 5.91 Å². The predicted octanol–water partition coefficient (Wildman–Crippen LogP) is -1.24. The van der Waals surface area contributed by atoms with Gasteiger partial charge in [0.05, 0.1) is 0 Å². The van der Waals surface area contributed by atoms with E-state index in [1.165, 1.54) is 6.92 Å². The van der Waals surface area contributed by atoms with Gasteiger partial charge in [-0.15, -0.1) is 0 Å². The average Bonchev–Trinajstić information content (AvgIpc) is 1.88. The number of hydrogen-bond donors (Lipinski definition) is 1. The van der Waals surface area contributed by atoms with Crippen molar-refractivity contribution in [1.29, 1.82) is 0 Å². The molecule has 0 saturated heterocycles. The number of para-hydroxylation sites is 1. The molecular weight excluding hydrogens is 165 g/mol. The van der Waals surface area contributed by atoms with Crippen LogP contribution < -0.4 is 56.7 Å². The molecule has 0 atom stereocenters. The number of carbonyl (C=O) groups excluding carboxylic acids is 1. The zero-order chi connectivity index (χ0) is 7.40. The fraction of sp³-hybridized carbons (Fsp3) is 0.125. The minimum atomic E-state index is -0.0359. The summed E-state index contributed by atoms with van der Waals surface area (Å²) >= 11 is 0. The fourth-order valence-electron chi connectivity index (χ4n) is 0.725. The van der Waals surface area contributed by atoms with E-state index in [-0.39, 0.29) is 58.7 Å². The molecule has 1 amide bonds. The van der Waals surface area contributed by atoms with Crippen LogP contribution >= 0.6 is 0 Å². The molecule has 11 heavy (non-hydrogen) atoms. The molecule has 54 valence electrons. The van der Waals surface area contributed by atoms with Crippen molar-refractivity contribution in [3.05, 3.63) is 30.3 Å². The summed E-state index contributed by atoms with van der Waals surface area (Å²) in [7, 11) is 0. The Labute approximate surface area is 110 Å². The molecule has 0 saturated carbocycles. The fourth-order valence-corrected chi connectivity index (χ4v) is 0.725. The molecule has 0 aliphatic carbocycles. The van der Waals surface area contributed by atoms with Crippen LogP contribution in [0.1, 0.15) is 8.35 Å². The number of amides is 1. The molecule has 0 aliphatic rings. The average molecular weight is 175 g/mol. The smallest absolute Gasteiger partial charge is 1.00 e. The Morgan fingerprint density at radius 1 is 1.36 bits per heavy atom. The van der Waals surface area contributed by atoms with Gasteiger partial charge in [0.15, 0.2) is 0 Å². The first-order valence-corrected chi connectivity index (χ1v) is 3.11. The summed E-state index contributed by atoms with van der Waals surface area (Å²) in [5.41, 5.74) is 0.843. The zero-order valence-electron chi connectivity index (χ0n) is 7.79. The van der Waals surface area contributed by atoms with Crippen LogP contribution in [0, 0.1) is 0 Å². The maximum absolute atomic E-state index is 10.5. The SMILES string of the molecule is CC(=O)Nc1ccccc1.[H-].[K+]. The second-order valence-electron chi connectivity index (χ2n) is 2.05. The van der Waals surface area contributed by atoms with E-state index in [9.17, 15) is 4.79 Å². The summed E-state index contributed by atoms with van der Waals surface area (Å²) < 4.78 is 0. The van der Waals surface area contributed by atoms with Crippen molar-refractivity contribution in [3.8, 4) is 0 Å². The van der Waals surface area contributed by atoms with Crippen molar-refractivity contribution in [1.82, 2.24) is 0 Å². The molecule has 0 heterocycles. The minimum Gasteiger partial charge on any atom is -1.00 e. The van der Waals surface area contributed by atoms with Crippen LogP contribution in [0.2, 0.25) is 0 Å². The summed E-state index contributed by atoms with van der Waals surface area (Å²) in [6.45, 7) is 1.49. The van der Waals surface area contributed by atoms with Crippen molar-refractivity contribution >= 4 is 11.6 Å². The number of carbonyl (C=O) groups is 1. The molecule has 0 unspecified atom stereocenters. The van der Waals surface area contributed by atoms with Crippen LogP contribution in [-0.2, 0) is 4.79 Å². The minimum absolute atomic E-state index is 0. The van der Waals surface area contributed by atoms with Gasteiger partial charge in [-0.05, 0) is 12.1 Å². The van der Waals surface area contributed by atoms with E-state index in [2.05, 4.69) is 5.32 Å². The Bertz CT molecular complexity index is 228. The predicted molar refractivity (Wildman–Crippen MR) is 41.9 cm³/mol. The van der Waals surface area contributed by atoms with Gasteiger partial charge in [-0.1, -0.05) is 18.2 Å². The standard InChI is InChI=1S/C8H9NO.K.H/c1-7(10)9-8-5-3-2-4-6-8;;/h2-6H,1H3,(H,9,10);;/q;+1;-1. The molecule has 2 nitrogen and oxygen atoms in total. The number of nitrogens with one attached hydrogen (secondary N) is 1. The van der Waals surface area contributed by atoms with Gasteiger partial charge in [0, 0.05) is 12.6 Å². The van der Waals surface area contributed by atoms with Crippen LogP contribution in [0.5, 0.6) is 0 Å². The first-order chi connectivity index (χ1) is 4.79. The van der Waals surface area contributed by atoms with Crippen LogP contribution in [0.15, 0.2) is 30.3 Å². The largest absolute Gasteiger partial charge is 1.00 e. The number of rotatable bonds is 1. The zero-order valence-corrected chi connectivity index (χ0v) is 9.92. The Kier molecular flexibility index (Phi) is 6.09. The van der Waals surface area contributed by atoms with Gasteiger partial charge in [0.25, 0.3) is 0 Å². The number of hydrogen-bond acceptors (Lipinski definition) is 1. The van der Waals surface area contributed by atoms with E-state index in [0.29, 0.717) is 0 Å². The van der Waals surface area contributed by atoms with Gasteiger partial charge in [-0.2, -0.15) is 0 Å². The van der Waals surface area contributed by atoms with E-state index < -0.39 is 0 Å². The second kappa shape index (κ2) is 5.91. The molecule has 1 aromatic carbocycles. The molecule has 0 bridgehead atoms. The third kappa shape index (κ3) is 4.71. The molecule has 1 aromatic rings. The molecule has 1 rings (SSSR count). The van der Waals surface area contributed by atoms with Gasteiger partial charge >= 0.3 is 51.4 Å². The Hall–Kier alpha value is 0.326. The number of anilines is 1. The van der Waals surface area contributed by atoms with E-state index in [1.54, 1.807) is 0 Å². The summed E-state index contributed by atoms with van der Waals surface area (Å²) in [5.74, 6) is -0.0359. The van der Waals surface area contributed by atoms with Crippen LogP contribution in [0.4, 0.5) is 5.69 Å². The van der Waals surface area contributed by atoms with Gasteiger partial charge in [0.1, 0.15) is 0 Å². The van der Waals surface area contributed by atoms with Crippen molar-refractivity contribution < 1.29 is 57.6 Å². The first kappa shape index (κ1) is 11.3.